The molecule has 20 heavy (non-hydrogen) atoms. The van der Waals surface area contributed by atoms with Crippen LogP contribution >= 0.6 is 0 Å². The van der Waals surface area contributed by atoms with Crippen LogP contribution in [0.4, 0.5) is 0 Å². The van der Waals surface area contributed by atoms with Crippen molar-refractivity contribution in [3.05, 3.63) is 35.8 Å². The Morgan fingerprint density at radius 3 is 2.95 bits per heavy atom. The maximum atomic E-state index is 12.0. The van der Waals surface area contributed by atoms with Crippen molar-refractivity contribution in [2.45, 2.75) is 39.2 Å². The lowest BCUT2D eigenvalue weighted by atomic mass is 10.0. The second-order valence-electron chi connectivity index (χ2n) is 5.18. The molecule has 104 valence electrons. The Morgan fingerprint density at radius 1 is 1.60 bits per heavy atom. The molecule has 5 heteroatoms. The van der Waals surface area contributed by atoms with E-state index in [1.165, 1.54) is 0 Å². The smallest absolute Gasteiger partial charge is 0.227 e. The molecule has 0 aliphatic rings. The summed E-state index contributed by atoms with van der Waals surface area (Å²) in [5.41, 5.74) is 1.81. The monoisotopic (exact) mass is 270 g/mol. The second kappa shape index (κ2) is 5.33. The number of hydrogen-bond donors (Lipinski definition) is 1. The normalized spacial score (nSPS) is 13.7. The van der Waals surface area contributed by atoms with Gasteiger partial charge in [0.15, 0.2) is 0 Å². The Kier molecular flexibility index (Phi) is 3.75. The van der Waals surface area contributed by atoms with Crippen molar-refractivity contribution in [3.8, 4) is 6.07 Å². The van der Waals surface area contributed by atoms with Crippen LogP contribution < -0.4 is 5.32 Å². The molecule has 0 spiro atoms. The van der Waals surface area contributed by atoms with Gasteiger partial charge in [0.05, 0.1) is 18.2 Å². The van der Waals surface area contributed by atoms with Gasteiger partial charge in [0.2, 0.25) is 5.91 Å². The van der Waals surface area contributed by atoms with Gasteiger partial charge in [-0.15, -0.1) is 0 Å². The number of aromatic nitrogens is 2. The van der Waals surface area contributed by atoms with Crippen LogP contribution in [0.25, 0.3) is 5.65 Å². The average molecular weight is 270 g/mol. The van der Waals surface area contributed by atoms with Crippen LogP contribution in [0.3, 0.4) is 0 Å². The van der Waals surface area contributed by atoms with Gasteiger partial charge in [0.25, 0.3) is 0 Å². The fourth-order valence-corrected chi connectivity index (χ4v) is 2.00. The maximum absolute atomic E-state index is 12.0. The van der Waals surface area contributed by atoms with E-state index in [2.05, 4.69) is 16.4 Å². The third kappa shape index (κ3) is 2.80. The van der Waals surface area contributed by atoms with Gasteiger partial charge < -0.3 is 9.72 Å². The van der Waals surface area contributed by atoms with E-state index in [1.54, 1.807) is 6.92 Å². The van der Waals surface area contributed by atoms with Gasteiger partial charge in [0, 0.05) is 12.4 Å². The highest BCUT2D eigenvalue weighted by atomic mass is 16.1. The molecule has 2 heterocycles. The number of carbonyl (C=O) groups excluding carboxylic acids is 1. The van der Waals surface area contributed by atoms with E-state index >= 15 is 0 Å². The number of amides is 1. The van der Waals surface area contributed by atoms with Crippen LogP contribution in [0.1, 0.15) is 31.5 Å². The Balaban J connectivity index is 2.15. The Hall–Kier alpha value is -2.35. The molecule has 1 unspecified atom stereocenters. The lowest BCUT2D eigenvalue weighted by Crippen LogP contribution is -2.44. The van der Waals surface area contributed by atoms with Crippen LogP contribution in [-0.4, -0.2) is 20.8 Å². The van der Waals surface area contributed by atoms with Gasteiger partial charge in [-0.1, -0.05) is 13.0 Å². The predicted molar refractivity (Wildman–Crippen MR) is 76.1 cm³/mol. The summed E-state index contributed by atoms with van der Waals surface area (Å²) in [5, 5.41) is 11.8. The minimum Gasteiger partial charge on any atom is -0.338 e. The van der Waals surface area contributed by atoms with E-state index in [0.29, 0.717) is 12.1 Å². The first-order valence-corrected chi connectivity index (χ1v) is 6.63. The lowest BCUT2D eigenvalue weighted by molar-refractivity contribution is -0.121. The molecule has 2 rings (SSSR count). The van der Waals surface area contributed by atoms with Crippen molar-refractivity contribution >= 4 is 11.6 Å². The number of fused-ring (bicyclic) bond motifs is 1. The van der Waals surface area contributed by atoms with Gasteiger partial charge in [-0.05, 0) is 31.9 Å². The van der Waals surface area contributed by atoms with Crippen molar-refractivity contribution in [1.29, 1.82) is 5.26 Å². The largest absolute Gasteiger partial charge is 0.338 e. The summed E-state index contributed by atoms with van der Waals surface area (Å²) in [5.74, 6) is -0.183. The molecule has 0 bridgehead atoms. The molecule has 0 aliphatic heterocycles. The fourth-order valence-electron chi connectivity index (χ4n) is 2.00. The number of nitriles is 1. The molecule has 1 atom stereocenters. The Labute approximate surface area is 118 Å². The van der Waals surface area contributed by atoms with E-state index in [0.717, 1.165) is 11.2 Å². The van der Waals surface area contributed by atoms with Gasteiger partial charge in [-0.3, -0.25) is 4.79 Å². The molecule has 0 saturated heterocycles. The maximum Gasteiger partial charge on any atom is 0.227 e. The van der Waals surface area contributed by atoms with Crippen molar-refractivity contribution in [3.63, 3.8) is 0 Å². The van der Waals surface area contributed by atoms with Crippen molar-refractivity contribution in [1.82, 2.24) is 14.7 Å². The molecule has 0 radical (unpaired) electrons. The summed E-state index contributed by atoms with van der Waals surface area (Å²) in [6, 6.07) is 6.05. The number of pyridine rings is 1. The minimum absolute atomic E-state index is 0.179. The van der Waals surface area contributed by atoms with E-state index in [4.69, 9.17) is 5.26 Å². The number of rotatable bonds is 4. The summed E-state index contributed by atoms with van der Waals surface area (Å²) in [6.07, 6.45) is 4.50. The summed E-state index contributed by atoms with van der Waals surface area (Å²) < 4.78 is 1.90. The van der Waals surface area contributed by atoms with Crippen LogP contribution in [0.5, 0.6) is 0 Å². The zero-order valence-electron chi connectivity index (χ0n) is 12.0. The Bertz CT molecular complexity index is 683. The van der Waals surface area contributed by atoms with E-state index in [9.17, 15) is 4.79 Å². The van der Waals surface area contributed by atoms with Crippen LogP contribution in [0.2, 0.25) is 0 Å². The third-order valence-electron chi connectivity index (χ3n) is 3.44. The second-order valence-corrected chi connectivity index (χ2v) is 5.18. The van der Waals surface area contributed by atoms with Gasteiger partial charge in [-0.25, -0.2) is 4.98 Å². The van der Waals surface area contributed by atoms with Crippen molar-refractivity contribution in [2.75, 3.05) is 0 Å². The number of imidazole rings is 1. The topological polar surface area (TPSA) is 70.2 Å². The van der Waals surface area contributed by atoms with Crippen LogP contribution in [0, 0.1) is 18.3 Å². The zero-order valence-corrected chi connectivity index (χ0v) is 12.0. The quantitative estimate of drug-likeness (QED) is 0.923. The molecule has 0 fully saturated rings. The molecular formula is C15H18N4O. The van der Waals surface area contributed by atoms with Gasteiger partial charge in [0.1, 0.15) is 11.2 Å². The molecule has 0 aliphatic carbocycles. The summed E-state index contributed by atoms with van der Waals surface area (Å²) in [6.45, 7) is 5.58. The molecule has 2 aromatic heterocycles. The van der Waals surface area contributed by atoms with E-state index in [-0.39, 0.29) is 12.3 Å². The molecule has 0 saturated carbocycles. The molecule has 1 amide bonds. The predicted octanol–water partition coefficient (Wildman–Crippen LogP) is 1.99. The van der Waals surface area contributed by atoms with E-state index < -0.39 is 5.54 Å². The zero-order chi connectivity index (χ0) is 14.8. The molecule has 0 aromatic carbocycles. The SMILES string of the molecule is CCC(C)(C#N)NC(=O)Cc1cn2cccc(C)c2n1. The van der Waals surface area contributed by atoms with Crippen molar-refractivity contribution < 1.29 is 4.79 Å². The summed E-state index contributed by atoms with van der Waals surface area (Å²) in [7, 11) is 0. The Morgan fingerprint density at radius 2 is 2.35 bits per heavy atom. The minimum atomic E-state index is -0.813. The molecule has 2 aromatic rings. The molecule has 5 nitrogen and oxygen atoms in total. The number of nitrogens with one attached hydrogen (secondary N) is 1. The lowest BCUT2D eigenvalue weighted by Gasteiger charge is -2.20. The number of hydrogen-bond acceptors (Lipinski definition) is 3. The van der Waals surface area contributed by atoms with Crippen LogP contribution in [-0.2, 0) is 11.2 Å². The first-order valence-electron chi connectivity index (χ1n) is 6.63. The summed E-state index contributed by atoms with van der Waals surface area (Å²) >= 11 is 0. The molecular weight excluding hydrogens is 252 g/mol. The highest BCUT2D eigenvalue weighted by Gasteiger charge is 2.23. The third-order valence-corrected chi connectivity index (χ3v) is 3.44. The van der Waals surface area contributed by atoms with Gasteiger partial charge in [-0.2, -0.15) is 5.26 Å². The number of carbonyl (C=O) groups is 1. The first-order chi connectivity index (χ1) is 9.47. The summed E-state index contributed by atoms with van der Waals surface area (Å²) in [4.78, 5) is 16.4. The fraction of sp³-hybridized carbons (Fsp3) is 0.400. The number of aryl methyl sites for hydroxylation is 1. The standard InChI is InChI=1S/C15H18N4O/c1-4-15(3,10-16)18-13(20)8-12-9-19-7-5-6-11(2)14(19)17-12/h5-7,9H,4,8H2,1-3H3,(H,18,20). The highest BCUT2D eigenvalue weighted by molar-refractivity contribution is 5.79. The van der Waals surface area contributed by atoms with Gasteiger partial charge >= 0.3 is 0 Å². The first kappa shape index (κ1) is 14.1. The highest BCUT2D eigenvalue weighted by Crippen LogP contribution is 2.11. The van der Waals surface area contributed by atoms with Crippen LogP contribution in [0.15, 0.2) is 24.5 Å². The number of nitrogens with zero attached hydrogens (tertiary/aromatic N) is 3. The van der Waals surface area contributed by atoms with E-state index in [1.807, 2.05) is 42.8 Å². The van der Waals surface area contributed by atoms with Crippen molar-refractivity contribution in [2.24, 2.45) is 0 Å². The average Bonchev–Trinajstić information content (AvgIpc) is 2.82. The molecule has 1 N–H and O–H groups in total.